The fourth-order valence-corrected chi connectivity index (χ4v) is 3.56. The summed E-state index contributed by atoms with van der Waals surface area (Å²) in [5.41, 5.74) is 2.02. The molecule has 0 atom stereocenters. The highest BCUT2D eigenvalue weighted by Gasteiger charge is 2.15. The summed E-state index contributed by atoms with van der Waals surface area (Å²) in [6, 6.07) is 12.2. The van der Waals surface area contributed by atoms with Gasteiger partial charge in [-0.2, -0.15) is 5.26 Å². The summed E-state index contributed by atoms with van der Waals surface area (Å²) >= 11 is 1.22. The van der Waals surface area contributed by atoms with Crippen LogP contribution >= 0.6 is 11.3 Å². The van der Waals surface area contributed by atoms with E-state index in [1.165, 1.54) is 62.1 Å². The molecule has 0 aliphatic carbocycles. The van der Waals surface area contributed by atoms with Gasteiger partial charge in [0.15, 0.2) is 0 Å². The molecule has 33 heavy (non-hydrogen) atoms. The Kier molecular flexibility index (Phi) is 7.12. The lowest BCUT2D eigenvalue weighted by Crippen LogP contribution is -2.07. The summed E-state index contributed by atoms with van der Waals surface area (Å²) in [7, 11) is 2.44. The summed E-state index contributed by atoms with van der Waals surface area (Å²) in [6.07, 6.45) is 1.40. The highest BCUT2D eigenvalue weighted by atomic mass is 32.1. The zero-order valence-corrected chi connectivity index (χ0v) is 18.2. The first-order valence-corrected chi connectivity index (χ1v) is 10.1. The zero-order valence-electron chi connectivity index (χ0n) is 17.4. The molecule has 1 heterocycles. The average molecular weight is 464 g/mol. The van der Waals surface area contributed by atoms with Gasteiger partial charge in [0.05, 0.1) is 36.0 Å². The number of hydrogen-bond donors (Lipinski definition) is 1. The Morgan fingerprint density at radius 2 is 1.73 bits per heavy atom. The van der Waals surface area contributed by atoms with Crippen molar-refractivity contribution in [2.75, 3.05) is 19.5 Å². The van der Waals surface area contributed by atoms with Crippen LogP contribution in [0.15, 0.2) is 54.0 Å². The number of ether oxygens (including phenoxy) is 2. The molecule has 0 saturated heterocycles. The number of nitro benzene ring substituents is 1. The number of carbonyl (C=O) groups excluding carboxylic acids is 2. The van der Waals surface area contributed by atoms with Crippen molar-refractivity contribution in [1.82, 2.24) is 4.98 Å². The van der Waals surface area contributed by atoms with Crippen molar-refractivity contribution in [2.24, 2.45) is 0 Å². The number of benzene rings is 2. The van der Waals surface area contributed by atoms with Crippen LogP contribution in [0.4, 0.5) is 11.4 Å². The van der Waals surface area contributed by atoms with Gasteiger partial charge in [0.2, 0.25) is 0 Å². The Bertz CT molecular complexity index is 1260. The molecule has 0 saturated carbocycles. The zero-order chi connectivity index (χ0) is 24.0. The number of anilines is 1. The molecule has 0 bridgehead atoms. The number of allylic oxidation sites excluding steroid dienone is 1. The number of nitrogens with zero attached hydrogens (tertiary/aromatic N) is 3. The second-order valence-electron chi connectivity index (χ2n) is 6.44. The van der Waals surface area contributed by atoms with E-state index in [-0.39, 0.29) is 22.4 Å². The normalized spacial score (nSPS) is 10.8. The van der Waals surface area contributed by atoms with Crippen LogP contribution in [0.25, 0.3) is 16.8 Å². The van der Waals surface area contributed by atoms with Crippen molar-refractivity contribution in [3.63, 3.8) is 0 Å². The average Bonchev–Trinajstić information content (AvgIpc) is 3.33. The van der Waals surface area contributed by atoms with E-state index in [9.17, 15) is 25.0 Å². The van der Waals surface area contributed by atoms with E-state index in [2.05, 4.69) is 10.3 Å². The van der Waals surface area contributed by atoms with E-state index in [1.807, 2.05) is 6.07 Å². The number of hydrogen-bond acceptors (Lipinski definition) is 10. The second-order valence-corrected chi connectivity index (χ2v) is 7.30. The molecular formula is C22H16N4O6S. The molecule has 11 heteroatoms. The first-order valence-electron chi connectivity index (χ1n) is 9.25. The van der Waals surface area contributed by atoms with Crippen LogP contribution in [-0.2, 0) is 9.47 Å². The number of nitriles is 1. The van der Waals surface area contributed by atoms with E-state index in [0.717, 1.165) is 0 Å². The Balaban J connectivity index is 1.87. The predicted molar refractivity (Wildman–Crippen MR) is 121 cm³/mol. The van der Waals surface area contributed by atoms with Gasteiger partial charge in [-0.3, -0.25) is 10.1 Å². The van der Waals surface area contributed by atoms with Gasteiger partial charge in [-0.15, -0.1) is 11.3 Å². The van der Waals surface area contributed by atoms with Gasteiger partial charge in [0.1, 0.15) is 16.6 Å². The lowest BCUT2D eigenvalue weighted by molar-refractivity contribution is -0.384. The van der Waals surface area contributed by atoms with Gasteiger partial charge >= 0.3 is 11.9 Å². The molecule has 0 radical (unpaired) electrons. The molecule has 3 aromatic rings. The minimum absolute atomic E-state index is 0.0310. The van der Waals surface area contributed by atoms with E-state index in [1.54, 1.807) is 17.5 Å². The van der Waals surface area contributed by atoms with Crippen LogP contribution in [0.5, 0.6) is 0 Å². The van der Waals surface area contributed by atoms with Crippen LogP contribution in [0.1, 0.15) is 25.7 Å². The predicted octanol–water partition coefficient (Wildman–Crippen LogP) is 4.27. The number of aromatic nitrogens is 1. The van der Waals surface area contributed by atoms with Crippen molar-refractivity contribution >= 4 is 40.2 Å². The Hall–Kier alpha value is -4.56. The van der Waals surface area contributed by atoms with Crippen LogP contribution in [0.3, 0.4) is 0 Å². The number of rotatable bonds is 7. The largest absolute Gasteiger partial charge is 0.465 e. The van der Waals surface area contributed by atoms with Crippen molar-refractivity contribution in [3.8, 4) is 17.3 Å². The SMILES string of the molecule is COC(=O)c1cc(N/C=C(/C#N)c2nc(-c3ccc([N+](=O)[O-])cc3)cs2)cc(C(=O)OC)c1. The van der Waals surface area contributed by atoms with Gasteiger partial charge in [0, 0.05) is 35.0 Å². The lowest BCUT2D eigenvalue weighted by atomic mass is 10.1. The maximum Gasteiger partial charge on any atom is 0.337 e. The van der Waals surface area contributed by atoms with Gasteiger partial charge in [-0.05, 0) is 30.3 Å². The lowest BCUT2D eigenvalue weighted by Gasteiger charge is -2.08. The van der Waals surface area contributed by atoms with Crippen LogP contribution < -0.4 is 5.32 Å². The molecule has 166 valence electrons. The van der Waals surface area contributed by atoms with Crippen molar-refractivity contribution in [1.29, 1.82) is 5.26 Å². The smallest absolute Gasteiger partial charge is 0.337 e. The Labute approximate surface area is 191 Å². The molecule has 0 fully saturated rings. The summed E-state index contributed by atoms with van der Waals surface area (Å²) in [5.74, 6) is -1.28. The highest BCUT2D eigenvalue weighted by molar-refractivity contribution is 7.11. The Morgan fingerprint density at radius 3 is 2.24 bits per heavy atom. The summed E-state index contributed by atoms with van der Waals surface area (Å²) in [6.45, 7) is 0. The van der Waals surface area contributed by atoms with Gasteiger partial charge in [-0.1, -0.05) is 0 Å². The van der Waals surface area contributed by atoms with Gasteiger partial charge in [-0.25, -0.2) is 14.6 Å². The highest BCUT2D eigenvalue weighted by Crippen LogP contribution is 2.27. The molecule has 10 nitrogen and oxygen atoms in total. The maximum absolute atomic E-state index is 11.9. The summed E-state index contributed by atoms with van der Waals surface area (Å²) < 4.78 is 9.42. The molecule has 0 unspecified atom stereocenters. The van der Waals surface area contributed by atoms with Gasteiger partial charge < -0.3 is 14.8 Å². The quantitative estimate of drug-likeness (QED) is 0.234. The summed E-state index contributed by atoms with van der Waals surface area (Å²) in [5, 5.41) is 25.4. The molecule has 0 aliphatic heterocycles. The molecule has 2 aromatic carbocycles. The molecule has 1 N–H and O–H groups in total. The van der Waals surface area contributed by atoms with Crippen LogP contribution in [-0.4, -0.2) is 36.1 Å². The number of methoxy groups -OCH3 is 2. The van der Waals surface area contributed by atoms with E-state index in [0.29, 0.717) is 22.0 Å². The summed E-state index contributed by atoms with van der Waals surface area (Å²) in [4.78, 5) is 38.6. The number of esters is 2. The molecular weight excluding hydrogens is 448 g/mol. The number of nitro groups is 1. The molecule has 0 spiro atoms. The number of non-ortho nitro benzene ring substituents is 1. The monoisotopic (exact) mass is 464 g/mol. The third kappa shape index (κ3) is 5.38. The minimum atomic E-state index is -0.638. The molecule has 0 aliphatic rings. The van der Waals surface area contributed by atoms with E-state index >= 15 is 0 Å². The van der Waals surface area contributed by atoms with Crippen LogP contribution in [0, 0.1) is 21.4 Å². The van der Waals surface area contributed by atoms with E-state index < -0.39 is 16.9 Å². The fourth-order valence-electron chi connectivity index (χ4n) is 2.76. The number of carbonyl (C=O) groups is 2. The number of thiazole rings is 1. The topological polar surface area (TPSA) is 144 Å². The standard InChI is InChI=1S/C22H16N4O6S/c1-31-21(27)14-7-15(22(28)32-2)9-17(8-14)24-11-16(10-23)20-25-19(12-33-20)13-3-5-18(6-4-13)26(29)30/h3-9,11-12,24H,1-2H3/b16-11-. The number of nitrogens with one attached hydrogen (secondary N) is 1. The third-order valence-corrected chi connectivity index (χ3v) is 5.26. The molecule has 3 rings (SSSR count). The van der Waals surface area contributed by atoms with Crippen molar-refractivity contribution < 1.29 is 24.0 Å². The molecule has 1 aromatic heterocycles. The fraction of sp³-hybridized carbons (Fsp3) is 0.0909. The van der Waals surface area contributed by atoms with Crippen molar-refractivity contribution in [2.45, 2.75) is 0 Å². The third-order valence-electron chi connectivity index (χ3n) is 4.39. The molecule has 0 amide bonds. The maximum atomic E-state index is 11.9. The second kappa shape index (κ2) is 10.2. The van der Waals surface area contributed by atoms with Crippen LogP contribution in [0.2, 0.25) is 0 Å². The van der Waals surface area contributed by atoms with Crippen molar-refractivity contribution in [3.05, 3.63) is 80.3 Å². The van der Waals surface area contributed by atoms with E-state index in [4.69, 9.17) is 9.47 Å². The Morgan fingerprint density at radius 1 is 1.12 bits per heavy atom. The minimum Gasteiger partial charge on any atom is -0.465 e. The first kappa shape index (κ1) is 23.1. The first-order chi connectivity index (χ1) is 15.9. The van der Waals surface area contributed by atoms with Gasteiger partial charge in [0.25, 0.3) is 5.69 Å².